The molecule has 0 aromatic carbocycles. The minimum absolute atomic E-state index is 0.00900. The third-order valence-corrected chi connectivity index (χ3v) is 4.08. The van der Waals surface area contributed by atoms with Crippen molar-refractivity contribution in [1.82, 2.24) is 4.72 Å². The molecule has 0 rings (SSSR count). The van der Waals surface area contributed by atoms with Crippen molar-refractivity contribution >= 4 is 15.9 Å². The second kappa shape index (κ2) is 6.96. The van der Waals surface area contributed by atoms with Crippen molar-refractivity contribution in [1.29, 1.82) is 0 Å². The highest BCUT2D eigenvalue weighted by Crippen LogP contribution is 2.25. The van der Waals surface area contributed by atoms with Gasteiger partial charge in [-0.3, -0.25) is 9.52 Å². The Balaban J connectivity index is 4.12. The molecule has 0 atom stereocenters. The van der Waals surface area contributed by atoms with E-state index >= 15 is 0 Å². The molecule has 1 amide bonds. The molecule has 0 radical (unpaired) electrons. The Bertz CT molecular complexity index is 337. The van der Waals surface area contributed by atoms with Gasteiger partial charge in [-0.1, -0.05) is 20.8 Å². The summed E-state index contributed by atoms with van der Waals surface area (Å²) in [5.41, 5.74) is 5.44. The largest absolute Gasteiger partial charge is 0.330 e. The number of carbonyl (C=O) groups excluding carboxylic acids is 1. The van der Waals surface area contributed by atoms with E-state index in [0.29, 0.717) is 19.4 Å². The van der Waals surface area contributed by atoms with Crippen molar-refractivity contribution in [2.45, 2.75) is 46.5 Å². The zero-order valence-electron chi connectivity index (χ0n) is 11.0. The summed E-state index contributed by atoms with van der Waals surface area (Å²) < 4.78 is 24.8. The fourth-order valence-electron chi connectivity index (χ4n) is 1.51. The van der Waals surface area contributed by atoms with Gasteiger partial charge in [-0.05, 0) is 31.2 Å². The molecule has 0 bridgehead atoms. The fraction of sp³-hybridized carbons (Fsp3) is 0.909. The van der Waals surface area contributed by atoms with Gasteiger partial charge in [0.25, 0.3) is 0 Å². The van der Waals surface area contributed by atoms with Gasteiger partial charge in [-0.25, -0.2) is 8.42 Å². The van der Waals surface area contributed by atoms with Crippen LogP contribution in [-0.4, -0.2) is 26.6 Å². The molecule has 0 aromatic heterocycles. The van der Waals surface area contributed by atoms with Crippen LogP contribution in [0.1, 0.15) is 46.5 Å². The van der Waals surface area contributed by atoms with Crippen LogP contribution in [0.25, 0.3) is 0 Å². The molecule has 17 heavy (non-hydrogen) atoms. The van der Waals surface area contributed by atoms with E-state index in [-0.39, 0.29) is 17.6 Å². The average molecular weight is 264 g/mol. The first-order chi connectivity index (χ1) is 7.72. The van der Waals surface area contributed by atoms with Gasteiger partial charge in [0.15, 0.2) is 0 Å². The lowest BCUT2D eigenvalue weighted by Crippen LogP contribution is -2.33. The Labute approximate surface area is 104 Å². The quantitative estimate of drug-likeness (QED) is 0.684. The SMILES string of the molecule is CCCS(=O)(=O)NC(=O)CCC(C)(C)CCN. The van der Waals surface area contributed by atoms with Crippen LogP contribution < -0.4 is 10.5 Å². The average Bonchev–Trinajstić information content (AvgIpc) is 2.14. The highest BCUT2D eigenvalue weighted by atomic mass is 32.2. The molecule has 5 nitrogen and oxygen atoms in total. The normalized spacial score (nSPS) is 12.5. The van der Waals surface area contributed by atoms with Gasteiger partial charge in [0.05, 0.1) is 5.75 Å². The highest BCUT2D eigenvalue weighted by molar-refractivity contribution is 7.90. The van der Waals surface area contributed by atoms with Crippen molar-refractivity contribution in [3.63, 3.8) is 0 Å². The topological polar surface area (TPSA) is 89.3 Å². The van der Waals surface area contributed by atoms with Crippen LogP contribution in [0.4, 0.5) is 0 Å². The van der Waals surface area contributed by atoms with Crippen LogP contribution in [0.5, 0.6) is 0 Å². The molecule has 0 heterocycles. The second-order valence-corrected chi connectivity index (χ2v) is 6.89. The van der Waals surface area contributed by atoms with Crippen molar-refractivity contribution < 1.29 is 13.2 Å². The van der Waals surface area contributed by atoms with Gasteiger partial charge in [0.2, 0.25) is 15.9 Å². The summed E-state index contributed by atoms with van der Waals surface area (Å²) in [5, 5.41) is 0. The summed E-state index contributed by atoms with van der Waals surface area (Å²) in [7, 11) is -3.44. The van der Waals surface area contributed by atoms with Crippen molar-refractivity contribution in [2.75, 3.05) is 12.3 Å². The van der Waals surface area contributed by atoms with Crippen molar-refractivity contribution in [3.8, 4) is 0 Å². The standard InChI is InChI=1S/C11H24N2O3S/c1-4-9-17(15,16)13-10(14)5-6-11(2,3)7-8-12/h4-9,12H2,1-3H3,(H,13,14). The minimum Gasteiger partial charge on any atom is -0.330 e. The zero-order valence-corrected chi connectivity index (χ0v) is 11.8. The van der Waals surface area contributed by atoms with Crippen LogP contribution >= 0.6 is 0 Å². The van der Waals surface area contributed by atoms with Gasteiger partial charge >= 0.3 is 0 Å². The number of sulfonamides is 1. The monoisotopic (exact) mass is 264 g/mol. The predicted octanol–water partition coefficient (Wildman–Crippen LogP) is 0.998. The number of amides is 1. The Morgan fingerprint density at radius 3 is 2.35 bits per heavy atom. The van der Waals surface area contributed by atoms with Gasteiger partial charge < -0.3 is 5.73 Å². The second-order valence-electron chi connectivity index (χ2n) is 5.05. The Morgan fingerprint density at radius 1 is 1.29 bits per heavy atom. The zero-order chi connectivity index (χ0) is 13.5. The first-order valence-electron chi connectivity index (χ1n) is 5.96. The van der Waals surface area contributed by atoms with Crippen LogP contribution in [0.15, 0.2) is 0 Å². The Hall–Kier alpha value is -0.620. The number of nitrogens with one attached hydrogen (secondary N) is 1. The molecule has 0 aliphatic heterocycles. The van der Waals surface area contributed by atoms with E-state index < -0.39 is 15.9 Å². The van der Waals surface area contributed by atoms with E-state index in [4.69, 9.17) is 5.73 Å². The highest BCUT2D eigenvalue weighted by Gasteiger charge is 2.20. The number of hydrogen-bond acceptors (Lipinski definition) is 4. The molecular formula is C11H24N2O3S. The summed E-state index contributed by atoms with van der Waals surface area (Å²) in [4.78, 5) is 11.5. The number of hydrogen-bond donors (Lipinski definition) is 2. The Morgan fingerprint density at radius 2 is 1.88 bits per heavy atom. The summed E-state index contributed by atoms with van der Waals surface area (Å²) in [5.74, 6) is -0.436. The molecule has 0 fully saturated rings. The van der Waals surface area contributed by atoms with Crippen LogP contribution in [0, 0.1) is 5.41 Å². The summed E-state index contributed by atoms with van der Waals surface area (Å²) >= 11 is 0. The first kappa shape index (κ1) is 16.4. The maximum Gasteiger partial charge on any atom is 0.234 e. The van der Waals surface area contributed by atoms with E-state index in [1.807, 2.05) is 13.8 Å². The molecule has 6 heteroatoms. The first-order valence-corrected chi connectivity index (χ1v) is 7.61. The van der Waals surface area contributed by atoms with E-state index in [1.165, 1.54) is 0 Å². The maximum atomic E-state index is 11.5. The summed E-state index contributed by atoms with van der Waals surface area (Å²) in [6.07, 6.45) is 2.18. The fourth-order valence-corrected chi connectivity index (χ4v) is 2.60. The lowest BCUT2D eigenvalue weighted by Gasteiger charge is -2.23. The molecule has 0 spiro atoms. The van der Waals surface area contributed by atoms with Crippen LogP contribution in [-0.2, 0) is 14.8 Å². The summed E-state index contributed by atoms with van der Waals surface area (Å²) in [6.45, 7) is 6.37. The molecular weight excluding hydrogens is 240 g/mol. The number of nitrogens with two attached hydrogens (primary N) is 1. The maximum absolute atomic E-state index is 11.5. The van der Waals surface area contributed by atoms with E-state index in [1.54, 1.807) is 6.92 Å². The summed E-state index contributed by atoms with van der Waals surface area (Å²) in [6, 6.07) is 0. The van der Waals surface area contributed by atoms with Crippen molar-refractivity contribution in [2.24, 2.45) is 11.1 Å². The van der Waals surface area contributed by atoms with E-state index in [2.05, 4.69) is 4.72 Å². The molecule has 0 saturated heterocycles. The molecule has 3 N–H and O–H groups in total. The van der Waals surface area contributed by atoms with Gasteiger partial charge in [0.1, 0.15) is 0 Å². The molecule has 0 unspecified atom stereocenters. The van der Waals surface area contributed by atoms with Gasteiger partial charge in [-0.2, -0.15) is 0 Å². The predicted molar refractivity (Wildman–Crippen MR) is 68.9 cm³/mol. The molecule has 0 aliphatic rings. The Kier molecular flexibility index (Phi) is 6.70. The molecule has 0 saturated carbocycles. The van der Waals surface area contributed by atoms with Gasteiger partial charge in [0, 0.05) is 6.42 Å². The number of rotatable bonds is 8. The third kappa shape index (κ3) is 8.15. The third-order valence-electron chi connectivity index (χ3n) is 2.59. The molecule has 0 aliphatic carbocycles. The smallest absolute Gasteiger partial charge is 0.234 e. The van der Waals surface area contributed by atoms with E-state index in [0.717, 1.165) is 6.42 Å². The van der Waals surface area contributed by atoms with Crippen LogP contribution in [0.2, 0.25) is 0 Å². The minimum atomic E-state index is -3.44. The lowest BCUT2D eigenvalue weighted by atomic mass is 9.84. The molecule has 0 aromatic rings. The van der Waals surface area contributed by atoms with Crippen LogP contribution in [0.3, 0.4) is 0 Å². The number of carbonyl (C=O) groups is 1. The lowest BCUT2D eigenvalue weighted by molar-refractivity contribution is -0.119. The van der Waals surface area contributed by atoms with E-state index in [9.17, 15) is 13.2 Å². The van der Waals surface area contributed by atoms with Crippen molar-refractivity contribution in [3.05, 3.63) is 0 Å². The van der Waals surface area contributed by atoms with Gasteiger partial charge in [-0.15, -0.1) is 0 Å². The molecule has 102 valence electrons.